The van der Waals surface area contributed by atoms with E-state index in [0.29, 0.717) is 36.2 Å². The smallest absolute Gasteiger partial charge is 0.261 e. The molecule has 160 valence electrons. The zero-order chi connectivity index (χ0) is 21.8. The number of aromatic nitrogens is 3. The molecule has 0 radical (unpaired) electrons. The topological polar surface area (TPSA) is 110 Å². The number of halogens is 1. The number of nitrogens with one attached hydrogen (secondary N) is 1. The molecule has 1 aliphatic heterocycles. The number of rotatable bonds is 6. The molecule has 3 heterocycles. The van der Waals surface area contributed by atoms with Crippen LogP contribution in [0.1, 0.15) is 12.2 Å². The first-order chi connectivity index (χ1) is 15.0. The molecular formula is C21H20ClN5O4. The van der Waals surface area contributed by atoms with Crippen LogP contribution in [-0.4, -0.2) is 50.6 Å². The molecule has 0 spiro atoms. The number of aryl methyl sites for hydroxylation is 1. The number of hydrogen-bond acceptors (Lipinski definition) is 6. The van der Waals surface area contributed by atoms with Crippen molar-refractivity contribution in [2.24, 2.45) is 0 Å². The van der Waals surface area contributed by atoms with Crippen LogP contribution in [0, 0.1) is 0 Å². The lowest BCUT2D eigenvalue weighted by atomic mass is 10.1. The summed E-state index contributed by atoms with van der Waals surface area (Å²) in [6.07, 6.45) is 5.69. The first-order valence-electron chi connectivity index (χ1n) is 9.78. The van der Waals surface area contributed by atoms with Crippen molar-refractivity contribution in [2.45, 2.75) is 25.4 Å². The van der Waals surface area contributed by atoms with Crippen LogP contribution < -0.4 is 10.9 Å². The van der Waals surface area contributed by atoms with Gasteiger partial charge in [0.05, 0.1) is 23.3 Å². The van der Waals surface area contributed by atoms with Crippen molar-refractivity contribution < 1.29 is 14.1 Å². The number of amides is 2. The van der Waals surface area contributed by atoms with Crippen LogP contribution in [0.15, 0.2) is 58.1 Å². The van der Waals surface area contributed by atoms with Crippen LogP contribution in [0.5, 0.6) is 0 Å². The van der Waals surface area contributed by atoms with E-state index in [-0.39, 0.29) is 41.5 Å². The van der Waals surface area contributed by atoms with Gasteiger partial charge >= 0.3 is 0 Å². The molecule has 10 heteroatoms. The Labute approximate surface area is 182 Å². The number of hydrogen-bond donors (Lipinski definition) is 1. The van der Waals surface area contributed by atoms with Crippen LogP contribution in [0.25, 0.3) is 10.9 Å². The van der Waals surface area contributed by atoms with Gasteiger partial charge in [-0.15, -0.1) is 0 Å². The van der Waals surface area contributed by atoms with Crippen molar-refractivity contribution >= 4 is 34.3 Å². The third-order valence-electron chi connectivity index (χ3n) is 4.97. The molecule has 0 saturated carbocycles. The van der Waals surface area contributed by atoms with E-state index < -0.39 is 0 Å². The normalized spacial score (nSPS) is 15.9. The van der Waals surface area contributed by atoms with E-state index in [4.69, 9.17) is 16.1 Å². The maximum atomic E-state index is 12.5. The number of nitrogens with zero attached hydrogens (tertiary/aromatic N) is 4. The Morgan fingerprint density at radius 2 is 2.13 bits per heavy atom. The molecule has 1 aromatic carbocycles. The third-order valence-corrected chi connectivity index (χ3v) is 5.15. The summed E-state index contributed by atoms with van der Waals surface area (Å²) in [5, 5.41) is 7.15. The molecule has 2 amide bonds. The zero-order valence-corrected chi connectivity index (χ0v) is 17.3. The number of benzene rings is 1. The van der Waals surface area contributed by atoms with Gasteiger partial charge in [-0.05, 0) is 12.1 Å². The van der Waals surface area contributed by atoms with Crippen LogP contribution in [0.2, 0.25) is 5.15 Å². The Bertz CT molecular complexity index is 1200. The number of carbonyl (C=O) groups is 2. The molecule has 0 fully saturated rings. The SMILES string of the molecule is O=C(Cn1cnc2ccccc2c1=O)NC1C=CCN(C(=O)CCc2cc(Cl)no2)C1. The van der Waals surface area contributed by atoms with Gasteiger partial charge in [0.15, 0.2) is 5.15 Å². The van der Waals surface area contributed by atoms with E-state index in [1.54, 1.807) is 35.2 Å². The molecule has 1 N–H and O–H groups in total. The maximum absolute atomic E-state index is 12.5. The van der Waals surface area contributed by atoms with Gasteiger partial charge in [-0.25, -0.2) is 4.98 Å². The second kappa shape index (κ2) is 9.13. The van der Waals surface area contributed by atoms with Gasteiger partial charge in [-0.1, -0.05) is 41.0 Å². The fourth-order valence-electron chi connectivity index (χ4n) is 3.44. The average Bonchev–Trinajstić information content (AvgIpc) is 3.19. The summed E-state index contributed by atoms with van der Waals surface area (Å²) in [6, 6.07) is 8.22. The Kier molecular flexibility index (Phi) is 6.13. The van der Waals surface area contributed by atoms with Crippen molar-refractivity contribution in [2.75, 3.05) is 13.1 Å². The van der Waals surface area contributed by atoms with Crippen molar-refractivity contribution in [3.05, 3.63) is 70.1 Å². The molecule has 31 heavy (non-hydrogen) atoms. The van der Waals surface area contributed by atoms with Crippen LogP contribution in [0.3, 0.4) is 0 Å². The van der Waals surface area contributed by atoms with Crippen molar-refractivity contribution in [3.63, 3.8) is 0 Å². The first kappa shape index (κ1) is 20.8. The predicted octanol–water partition coefficient (Wildman–Crippen LogP) is 1.55. The quantitative estimate of drug-likeness (QED) is 0.581. The number of carbonyl (C=O) groups excluding carboxylic acids is 2. The lowest BCUT2D eigenvalue weighted by Crippen LogP contribution is -2.48. The van der Waals surface area contributed by atoms with E-state index in [1.807, 2.05) is 12.2 Å². The monoisotopic (exact) mass is 441 g/mol. The fraction of sp³-hybridized carbons (Fsp3) is 0.286. The van der Waals surface area contributed by atoms with Crippen LogP contribution >= 0.6 is 11.6 Å². The lowest BCUT2D eigenvalue weighted by Gasteiger charge is -2.29. The first-order valence-corrected chi connectivity index (χ1v) is 10.2. The van der Waals surface area contributed by atoms with Gasteiger partial charge < -0.3 is 14.7 Å². The summed E-state index contributed by atoms with van der Waals surface area (Å²) < 4.78 is 6.29. The Hall–Kier alpha value is -3.46. The number of fused-ring (bicyclic) bond motifs is 1. The van der Waals surface area contributed by atoms with Crippen LogP contribution in [0.4, 0.5) is 0 Å². The van der Waals surface area contributed by atoms with E-state index in [9.17, 15) is 14.4 Å². The maximum Gasteiger partial charge on any atom is 0.261 e. The molecule has 3 aromatic rings. The second-order valence-electron chi connectivity index (χ2n) is 7.21. The third kappa shape index (κ3) is 5.00. The summed E-state index contributed by atoms with van der Waals surface area (Å²) in [7, 11) is 0. The standard InChI is InChI=1S/C21H20ClN5O4/c22-18-10-15(31-25-18)7-8-20(29)26-9-3-4-14(11-26)24-19(28)12-27-13-23-17-6-2-1-5-16(17)21(27)30/h1-6,10,13-14H,7-9,11-12H2,(H,24,28). The highest BCUT2D eigenvalue weighted by atomic mass is 35.5. The molecule has 4 rings (SSSR count). The summed E-state index contributed by atoms with van der Waals surface area (Å²) in [6.45, 7) is 0.667. The summed E-state index contributed by atoms with van der Waals surface area (Å²) >= 11 is 5.71. The van der Waals surface area contributed by atoms with Gasteiger partial charge in [0.25, 0.3) is 5.56 Å². The van der Waals surface area contributed by atoms with Gasteiger partial charge in [0.1, 0.15) is 12.3 Å². The largest absolute Gasteiger partial charge is 0.360 e. The lowest BCUT2D eigenvalue weighted by molar-refractivity contribution is -0.132. The minimum absolute atomic E-state index is 0.0638. The van der Waals surface area contributed by atoms with Crippen molar-refractivity contribution in [1.82, 2.24) is 24.9 Å². The summed E-state index contributed by atoms with van der Waals surface area (Å²) in [5.74, 6) is 0.149. The highest BCUT2D eigenvalue weighted by Crippen LogP contribution is 2.12. The average molecular weight is 442 g/mol. The highest BCUT2D eigenvalue weighted by molar-refractivity contribution is 6.29. The molecule has 0 aliphatic carbocycles. The zero-order valence-electron chi connectivity index (χ0n) is 16.5. The van der Waals surface area contributed by atoms with Gasteiger partial charge in [0.2, 0.25) is 11.8 Å². The fourth-order valence-corrected chi connectivity index (χ4v) is 3.60. The molecule has 1 aliphatic rings. The van der Waals surface area contributed by atoms with Crippen molar-refractivity contribution in [1.29, 1.82) is 0 Å². The molecule has 2 aromatic heterocycles. The van der Waals surface area contributed by atoms with Gasteiger partial charge in [-0.2, -0.15) is 0 Å². The Morgan fingerprint density at radius 1 is 1.29 bits per heavy atom. The minimum atomic E-state index is -0.339. The highest BCUT2D eigenvalue weighted by Gasteiger charge is 2.22. The minimum Gasteiger partial charge on any atom is -0.360 e. The summed E-state index contributed by atoms with van der Waals surface area (Å²) in [5.41, 5.74) is 0.311. The van der Waals surface area contributed by atoms with E-state index in [0.717, 1.165) is 0 Å². The number of para-hydroxylation sites is 1. The Morgan fingerprint density at radius 3 is 2.94 bits per heavy atom. The molecule has 1 atom stereocenters. The van der Waals surface area contributed by atoms with E-state index in [2.05, 4.69) is 15.5 Å². The van der Waals surface area contributed by atoms with Gasteiger partial charge in [0, 0.05) is 32.0 Å². The predicted molar refractivity (Wildman–Crippen MR) is 113 cm³/mol. The molecule has 0 bridgehead atoms. The molecule has 9 nitrogen and oxygen atoms in total. The van der Waals surface area contributed by atoms with Crippen molar-refractivity contribution in [3.8, 4) is 0 Å². The molecule has 0 saturated heterocycles. The molecular weight excluding hydrogens is 422 g/mol. The second-order valence-corrected chi connectivity index (χ2v) is 7.60. The van der Waals surface area contributed by atoms with E-state index in [1.165, 1.54) is 10.9 Å². The van der Waals surface area contributed by atoms with E-state index >= 15 is 0 Å². The Balaban J connectivity index is 1.33. The van der Waals surface area contributed by atoms with Gasteiger partial charge in [-0.3, -0.25) is 19.0 Å². The summed E-state index contributed by atoms with van der Waals surface area (Å²) in [4.78, 5) is 43.4. The van der Waals surface area contributed by atoms with Crippen LogP contribution in [-0.2, 0) is 22.6 Å². The molecule has 1 unspecified atom stereocenters.